The number of rotatable bonds is 3. The molecular weight excluding hydrogens is 348 g/mol. The molecule has 0 fully saturated rings. The maximum absolute atomic E-state index is 13.2. The van der Waals surface area contributed by atoms with Gasteiger partial charge in [0.2, 0.25) is 0 Å². The molecule has 0 aliphatic heterocycles. The molecule has 5 rings (SSSR count). The number of imidazole rings is 1. The topological polar surface area (TPSA) is 59.4 Å². The van der Waals surface area contributed by atoms with Gasteiger partial charge in [-0.2, -0.15) is 5.10 Å². The van der Waals surface area contributed by atoms with Crippen molar-refractivity contribution >= 4 is 22.1 Å². The number of nitrogens with zero attached hydrogens (tertiary/aromatic N) is 4. The van der Waals surface area contributed by atoms with Gasteiger partial charge in [0.15, 0.2) is 5.65 Å². The lowest BCUT2D eigenvalue weighted by atomic mass is 10.2. The van der Waals surface area contributed by atoms with Crippen molar-refractivity contribution in [1.82, 2.24) is 24.7 Å². The summed E-state index contributed by atoms with van der Waals surface area (Å²) >= 11 is 0. The monoisotopic (exact) mass is 361 g/mol. The van der Waals surface area contributed by atoms with Crippen molar-refractivity contribution in [1.29, 1.82) is 0 Å². The van der Waals surface area contributed by atoms with Crippen molar-refractivity contribution in [3.05, 3.63) is 72.6 Å². The van der Waals surface area contributed by atoms with Crippen molar-refractivity contribution in [3.8, 4) is 17.1 Å². The second-order valence-electron chi connectivity index (χ2n) is 6.16. The maximum Gasteiger partial charge on any atom is 0.280 e. The molecular formula is C20H13F2N5. The molecule has 0 aliphatic carbocycles. The van der Waals surface area contributed by atoms with E-state index in [1.165, 1.54) is 6.07 Å². The minimum Gasteiger partial charge on any atom is -0.278 e. The van der Waals surface area contributed by atoms with Gasteiger partial charge in [-0.05, 0) is 30.3 Å². The molecule has 0 spiro atoms. The van der Waals surface area contributed by atoms with Crippen LogP contribution in [0.1, 0.15) is 12.1 Å². The fourth-order valence-corrected chi connectivity index (χ4v) is 3.19. The summed E-state index contributed by atoms with van der Waals surface area (Å²) in [6.45, 7) is 0. The summed E-state index contributed by atoms with van der Waals surface area (Å²) in [7, 11) is 0. The molecule has 1 N–H and O–H groups in total. The first-order valence-corrected chi connectivity index (χ1v) is 8.37. The van der Waals surface area contributed by atoms with Crippen molar-refractivity contribution in [2.75, 3.05) is 0 Å². The highest BCUT2D eigenvalue weighted by Gasteiger charge is 2.18. The summed E-state index contributed by atoms with van der Waals surface area (Å²) in [5.74, 6) is 0.646. The Morgan fingerprint density at radius 3 is 2.59 bits per heavy atom. The van der Waals surface area contributed by atoms with E-state index in [4.69, 9.17) is 0 Å². The van der Waals surface area contributed by atoms with Gasteiger partial charge in [-0.25, -0.2) is 18.7 Å². The number of pyridine rings is 1. The minimum absolute atomic E-state index is 0.271. The lowest BCUT2D eigenvalue weighted by Gasteiger charge is -2.09. The lowest BCUT2D eigenvalue weighted by Crippen LogP contribution is -2.00. The van der Waals surface area contributed by atoms with E-state index in [9.17, 15) is 8.78 Å². The van der Waals surface area contributed by atoms with Crippen LogP contribution in [0.5, 0.6) is 0 Å². The van der Waals surface area contributed by atoms with Gasteiger partial charge in [0.05, 0.1) is 11.7 Å². The smallest absolute Gasteiger partial charge is 0.278 e. The number of H-pyrrole nitrogens is 1. The van der Waals surface area contributed by atoms with Crippen LogP contribution in [0, 0.1) is 0 Å². The van der Waals surface area contributed by atoms with E-state index < -0.39 is 6.43 Å². The van der Waals surface area contributed by atoms with Crippen LogP contribution in [-0.2, 0) is 0 Å². The second kappa shape index (κ2) is 5.98. The third kappa shape index (κ3) is 2.55. The van der Waals surface area contributed by atoms with Crippen LogP contribution in [-0.4, -0.2) is 24.7 Å². The third-order valence-electron chi connectivity index (χ3n) is 4.46. The Labute approximate surface area is 152 Å². The van der Waals surface area contributed by atoms with Gasteiger partial charge < -0.3 is 0 Å². The van der Waals surface area contributed by atoms with Crippen LogP contribution in [0.2, 0.25) is 0 Å². The van der Waals surface area contributed by atoms with Crippen LogP contribution in [0.4, 0.5) is 8.78 Å². The van der Waals surface area contributed by atoms with E-state index in [1.807, 2.05) is 53.1 Å². The first-order chi connectivity index (χ1) is 13.2. The molecule has 0 saturated heterocycles. The Bertz CT molecular complexity index is 1260. The number of aromatic nitrogens is 5. The second-order valence-corrected chi connectivity index (χ2v) is 6.16. The zero-order chi connectivity index (χ0) is 18.4. The van der Waals surface area contributed by atoms with Crippen LogP contribution < -0.4 is 0 Å². The number of fused-ring (bicyclic) bond motifs is 2. The third-order valence-corrected chi connectivity index (χ3v) is 4.46. The predicted molar refractivity (Wildman–Crippen MR) is 98.9 cm³/mol. The predicted octanol–water partition coefficient (Wildman–Crippen LogP) is 4.90. The minimum atomic E-state index is -2.64. The van der Waals surface area contributed by atoms with Gasteiger partial charge in [-0.3, -0.25) is 9.67 Å². The molecule has 0 saturated carbocycles. The number of alkyl halides is 2. The van der Waals surface area contributed by atoms with E-state index in [-0.39, 0.29) is 5.69 Å². The summed E-state index contributed by atoms with van der Waals surface area (Å²) in [5.41, 5.74) is 3.24. The van der Waals surface area contributed by atoms with E-state index in [1.54, 1.807) is 12.3 Å². The Morgan fingerprint density at radius 2 is 1.78 bits per heavy atom. The van der Waals surface area contributed by atoms with E-state index >= 15 is 0 Å². The van der Waals surface area contributed by atoms with Crippen molar-refractivity contribution in [2.24, 2.45) is 0 Å². The number of benzene rings is 2. The maximum atomic E-state index is 13.2. The van der Waals surface area contributed by atoms with Crippen molar-refractivity contribution in [3.63, 3.8) is 0 Å². The fraction of sp³-hybridized carbons (Fsp3) is 0.0500. The van der Waals surface area contributed by atoms with Gasteiger partial charge in [0.1, 0.15) is 17.0 Å². The highest BCUT2D eigenvalue weighted by molar-refractivity contribution is 5.84. The average Bonchev–Trinajstić information content (AvgIpc) is 3.31. The first-order valence-electron chi connectivity index (χ1n) is 8.37. The SMILES string of the molecule is FC(F)c1ccc2nc(-c3ccccc3)n(-c3ccc4[nH]ncc4c3)c2n1. The van der Waals surface area contributed by atoms with Crippen LogP contribution >= 0.6 is 0 Å². The zero-order valence-electron chi connectivity index (χ0n) is 14.0. The van der Waals surface area contributed by atoms with Crippen molar-refractivity contribution in [2.45, 2.75) is 6.43 Å². The van der Waals surface area contributed by atoms with Gasteiger partial charge in [-0.1, -0.05) is 30.3 Å². The summed E-state index contributed by atoms with van der Waals surface area (Å²) < 4.78 is 28.3. The largest absolute Gasteiger partial charge is 0.280 e. The summed E-state index contributed by atoms with van der Waals surface area (Å²) in [4.78, 5) is 8.85. The quantitative estimate of drug-likeness (QED) is 0.497. The molecule has 7 heteroatoms. The van der Waals surface area contributed by atoms with Crippen LogP contribution in [0.15, 0.2) is 66.9 Å². The standard InChI is InChI=1S/C20H13F2N5/c21-18(22)16-8-9-17-20(24-16)27(19(25-17)12-4-2-1-3-5-12)14-6-7-15-13(10-14)11-23-26-15/h1-11,18H,(H,23,26). The van der Waals surface area contributed by atoms with E-state index in [0.29, 0.717) is 17.0 Å². The summed E-state index contributed by atoms with van der Waals surface area (Å²) in [5, 5.41) is 7.86. The van der Waals surface area contributed by atoms with Gasteiger partial charge >= 0.3 is 0 Å². The van der Waals surface area contributed by atoms with Gasteiger partial charge in [0.25, 0.3) is 6.43 Å². The molecule has 3 heterocycles. The van der Waals surface area contributed by atoms with E-state index in [0.717, 1.165) is 22.2 Å². The molecule has 0 radical (unpaired) electrons. The zero-order valence-corrected chi connectivity index (χ0v) is 14.0. The Morgan fingerprint density at radius 1 is 0.926 bits per heavy atom. The molecule has 27 heavy (non-hydrogen) atoms. The lowest BCUT2D eigenvalue weighted by molar-refractivity contribution is 0.146. The number of nitrogens with one attached hydrogen (secondary N) is 1. The Balaban J connectivity index is 1.84. The summed E-state index contributed by atoms with van der Waals surface area (Å²) in [6, 6.07) is 18.2. The molecule has 0 amide bonds. The highest BCUT2D eigenvalue weighted by atomic mass is 19.3. The molecule has 0 aliphatic rings. The molecule has 2 aromatic carbocycles. The molecule has 0 unspecified atom stereocenters. The van der Waals surface area contributed by atoms with Gasteiger partial charge in [0, 0.05) is 16.6 Å². The summed E-state index contributed by atoms with van der Waals surface area (Å²) in [6.07, 6.45) is -0.924. The first kappa shape index (κ1) is 15.6. The normalized spacial score (nSPS) is 11.7. The molecule has 132 valence electrons. The highest BCUT2D eigenvalue weighted by Crippen LogP contribution is 2.30. The van der Waals surface area contributed by atoms with E-state index in [2.05, 4.69) is 20.2 Å². The molecule has 3 aromatic heterocycles. The number of hydrogen-bond acceptors (Lipinski definition) is 3. The van der Waals surface area contributed by atoms with Gasteiger partial charge in [-0.15, -0.1) is 0 Å². The fourth-order valence-electron chi connectivity index (χ4n) is 3.19. The molecule has 0 atom stereocenters. The van der Waals surface area contributed by atoms with Crippen LogP contribution in [0.3, 0.4) is 0 Å². The Hall–Kier alpha value is -3.61. The number of hydrogen-bond donors (Lipinski definition) is 1. The molecule has 0 bridgehead atoms. The van der Waals surface area contributed by atoms with Crippen molar-refractivity contribution < 1.29 is 8.78 Å². The average molecular weight is 361 g/mol. The Kier molecular flexibility index (Phi) is 3.46. The molecule has 5 aromatic rings. The number of halogens is 2. The van der Waals surface area contributed by atoms with Crippen LogP contribution in [0.25, 0.3) is 39.1 Å². The molecule has 5 nitrogen and oxygen atoms in total. The number of aromatic amines is 1.